The molecular formula is C41H30N4. The van der Waals surface area contributed by atoms with Gasteiger partial charge in [-0.05, 0) is 41.0 Å². The first kappa shape index (κ1) is 26.5. The Morgan fingerprint density at radius 3 is 1.53 bits per heavy atom. The summed E-state index contributed by atoms with van der Waals surface area (Å²) in [6, 6.07) is 52.4. The second-order valence-corrected chi connectivity index (χ2v) is 11.1. The van der Waals surface area contributed by atoms with E-state index in [2.05, 4.69) is 137 Å². The van der Waals surface area contributed by atoms with Gasteiger partial charge in [0.2, 0.25) is 0 Å². The first-order valence-electron chi connectivity index (χ1n) is 15.1. The Bertz CT molecular complexity index is 2190. The van der Waals surface area contributed by atoms with Crippen molar-refractivity contribution in [1.82, 2.24) is 4.57 Å². The summed E-state index contributed by atoms with van der Waals surface area (Å²) in [5, 5.41) is 2.30. The summed E-state index contributed by atoms with van der Waals surface area (Å²) in [5.74, 6) is 1.22. The van der Waals surface area contributed by atoms with E-state index in [1.165, 1.54) is 11.1 Å². The summed E-state index contributed by atoms with van der Waals surface area (Å²) < 4.78 is 2.19. The van der Waals surface area contributed by atoms with E-state index in [4.69, 9.17) is 10.7 Å². The van der Waals surface area contributed by atoms with Crippen molar-refractivity contribution < 1.29 is 0 Å². The third kappa shape index (κ3) is 4.43. The van der Waals surface area contributed by atoms with Crippen molar-refractivity contribution in [2.45, 2.75) is 0 Å². The van der Waals surface area contributed by atoms with Gasteiger partial charge in [0, 0.05) is 28.0 Å². The molecule has 7 aromatic rings. The van der Waals surface area contributed by atoms with Crippen molar-refractivity contribution in [3.8, 4) is 22.3 Å². The maximum Gasteiger partial charge on any atom is 0.141 e. The van der Waals surface area contributed by atoms with Crippen LogP contribution in [-0.2, 0) is 0 Å². The van der Waals surface area contributed by atoms with Crippen molar-refractivity contribution >= 4 is 44.7 Å². The predicted molar refractivity (Wildman–Crippen MR) is 189 cm³/mol. The number of hydrogen-bond donors (Lipinski definition) is 1. The van der Waals surface area contributed by atoms with Gasteiger partial charge in [-0.3, -0.25) is 9.47 Å². The molecule has 1 aliphatic rings. The maximum atomic E-state index is 7.26. The van der Waals surface area contributed by atoms with Crippen LogP contribution in [0.15, 0.2) is 175 Å². The number of rotatable bonds is 4. The average Bonchev–Trinajstić information content (AvgIpc) is 3.37. The van der Waals surface area contributed by atoms with Gasteiger partial charge in [0.1, 0.15) is 11.7 Å². The summed E-state index contributed by atoms with van der Waals surface area (Å²) in [5.41, 5.74) is 17.5. The van der Waals surface area contributed by atoms with Gasteiger partial charge in [0.15, 0.2) is 0 Å². The molecule has 4 nitrogen and oxygen atoms in total. The molecule has 6 aromatic carbocycles. The smallest absolute Gasteiger partial charge is 0.141 e. The maximum absolute atomic E-state index is 7.26. The standard InChI is InChI=1S/C41H30N4/c1-28(29-15-3-2-4-16-29)43-41(45-38-25-13-9-21-34(38)35-22-10-14-26-39(35)45)27-40(42)44-36-23-11-7-19-32(36)30-17-5-6-18-31(30)33-20-8-12-24-37(33)44/h2-27H,1,42H2/b40-27+,43-41+. The van der Waals surface area contributed by atoms with Gasteiger partial charge in [0.05, 0.1) is 28.1 Å². The Morgan fingerprint density at radius 1 is 0.533 bits per heavy atom. The van der Waals surface area contributed by atoms with Crippen molar-refractivity contribution in [1.29, 1.82) is 0 Å². The zero-order valence-electron chi connectivity index (χ0n) is 24.6. The molecule has 1 aliphatic heterocycles. The number of fused-ring (bicyclic) bond motifs is 8. The van der Waals surface area contributed by atoms with E-state index in [1.807, 2.05) is 36.4 Å². The number of nitrogens with two attached hydrogens (primary N) is 1. The fourth-order valence-corrected chi connectivity index (χ4v) is 6.50. The van der Waals surface area contributed by atoms with Crippen molar-refractivity contribution in [2.75, 3.05) is 4.90 Å². The highest BCUT2D eigenvalue weighted by molar-refractivity contribution is 6.17. The number of benzene rings is 6. The molecule has 8 rings (SSSR count). The third-order valence-corrected chi connectivity index (χ3v) is 8.50. The van der Waals surface area contributed by atoms with Gasteiger partial charge in [-0.25, -0.2) is 4.99 Å². The van der Waals surface area contributed by atoms with Crippen LogP contribution in [0.4, 0.5) is 11.4 Å². The second-order valence-electron chi connectivity index (χ2n) is 11.1. The minimum absolute atomic E-state index is 0.546. The molecule has 2 N–H and O–H groups in total. The van der Waals surface area contributed by atoms with Gasteiger partial charge in [-0.15, -0.1) is 0 Å². The summed E-state index contributed by atoms with van der Waals surface area (Å²) in [7, 11) is 0. The number of allylic oxidation sites excluding steroid dienone is 1. The fraction of sp³-hybridized carbons (Fsp3) is 0. The van der Waals surface area contributed by atoms with Gasteiger partial charge in [-0.2, -0.15) is 0 Å². The summed E-state index contributed by atoms with van der Waals surface area (Å²) in [4.78, 5) is 7.35. The van der Waals surface area contributed by atoms with E-state index < -0.39 is 0 Å². The van der Waals surface area contributed by atoms with Gasteiger partial charge >= 0.3 is 0 Å². The van der Waals surface area contributed by atoms with Crippen molar-refractivity contribution in [2.24, 2.45) is 10.7 Å². The van der Waals surface area contributed by atoms with E-state index in [0.717, 1.165) is 49.9 Å². The minimum atomic E-state index is 0.546. The lowest BCUT2D eigenvalue weighted by molar-refractivity contribution is 1.12. The molecule has 0 aliphatic carbocycles. The largest absolute Gasteiger partial charge is 0.385 e. The highest BCUT2D eigenvalue weighted by Crippen LogP contribution is 2.48. The number of hydrogen-bond acceptors (Lipinski definition) is 3. The number of para-hydroxylation sites is 4. The van der Waals surface area contributed by atoms with Crippen LogP contribution in [0.25, 0.3) is 49.8 Å². The highest BCUT2D eigenvalue weighted by atomic mass is 15.2. The zero-order chi connectivity index (χ0) is 30.3. The molecule has 1 aromatic heterocycles. The highest BCUT2D eigenvalue weighted by Gasteiger charge is 2.26. The average molecular weight is 579 g/mol. The molecule has 0 atom stereocenters. The molecule has 0 unspecified atom stereocenters. The minimum Gasteiger partial charge on any atom is -0.385 e. The Hall–Kier alpha value is -6.13. The molecule has 0 fully saturated rings. The molecule has 214 valence electrons. The number of anilines is 2. The van der Waals surface area contributed by atoms with Crippen LogP contribution >= 0.6 is 0 Å². The van der Waals surface area contributed by atoms with Gasteiger partial charge < -0.3 is 5.73 Å². The number of aromatic nitrogens is 1. The van der Waals surface area contributed by atoms with Crippen molar-refractivity contribution in [3.63, 3.8) is 0 Å². The second kappa shape index (κ2) is 10.9. The van der Waals surface area contributed by atoms with Crippen LogP contribution in [-0.4, -0.2) is 10.4 Å². The molecule has 2 heterocycles. The van der Waals surface area contributed by atoms with Crippen LogP contribution in [0.5, 0.6) is 0 Å². The molecule has 4 heteroatoms. The molecule has 0 saturated heterocycles. The molecule has 0 saturated carbocycles. The lowest BCUT2D eigenvalue weighted by Crippen LogP contribution is -2.25. The molecule has 0 radical (unpaired) electrons. The fourth-order valence-electron chi connectivity index (χ4n) is 6.50. The molecule has 0 bridgehead atoms. The zero-order valence-corrected chi connectivity index (χ0v) is 24.6. The Balaban J connectivity index is 1.40. The van der Waals surface area contributed by atoms with E-state index in [0.29, 0.717) is 17.4 Å². The summed E-state index contributed by atoms with van der Waals surface area (Å²) in [6.07, 6.45) is 1.98. The first-order valence-corrected chi connectivity index (χ1v) is 15.1. The summed E-state index contributed by atoms with van der Waals surface area (Å²) in [6.45, 7) is 4.38. The molecule has 0 amide bonds. The van der Waals surface area contributed by atoms with E-state index in [9.17, 15) is 0 Å². The first-order chi connectivity index (χ1) is 22.2. The lowest BCUT2D eigenvalue weighted by atomic mass is 9.95. The van der Waals surface area contributed by atoms with E-state index in [-0.39, 0.29) is 0 Å². The van der Waals surface area contributed by atoms with Gasteiger partial charge in [0.25, 0.3) is 0 Å². The van der Waals surface area contributed by atoms with E-state index >= 15 is 0 Å². The SMILES string of the molecule is C=C(/N=C(\C=C(/N)N1c2ccccc2-c2ccccc2-c2ccccc21)n1c2ccccc2c2ccccc21)c1ccccc1. The van der Waals surface area contributed by atoms with Crippen LogP contribution in [0.1, 0.15) is 5.56 Å². The van der Waals surface area contributed by atoms with Gasteiger partial charge in [-0.1, -0.05) is 134 Å². The third-order valence-electron chi connectivity index (χ3n) is 8.50. The summed E-state index contributed by atoms with van der Waals surface area (Å²) >= 11 is 0. The predicted octanol–water partition coefficient (Wildman–Crippen LogP) is 10.00. The molecule has 0 spiro atoms. The molecule has 45 heavy (non-hydrogen) atoms. The number of nitrogens with zero attached hydrogens (tertiary/aromatic N) is 3. The van der Waals surface area contributed by atoms with Crippen LogP contribution in [0.2, 0.25) is 0 Å². The number of aliphatic imine (C=N–C) groups is 1. The van der Waals surface area contributed by atoms with Crippen LogP contribution in [0, 0.1) is 0 Å². The Labute approximate surface area is 262 Å². The topological polar surface area (TPSA) is 46.5 Å². The van der Waals surface area contributed by atoms with E-state index in [1.54, 1.807) is 0 Å². The normalized spacial score (nSPS) is 12.8. The quantitative estimate of drug-likeness (QED) is 0.167. The molecular weight excluding hydrogens is 548 g/mol. The Kier molecular flexibility index (Phi) is 6.39. The monoisotopic (exact) mass is 578 g/mol. The van der Waals surface area contributed by atoms with Crippen LogP contribution < -0.4 is 10.6 Å². The van der Waals surface area contributed by atoms with Crippen molar-refractivity contribution in [3.05, 3.63) is 176 Å². The Morgan fingerprint density at radius 2 is 0.978 bits per heavy atom. The lowest BCUT2D eigenvalue weighted by Gasteiger charge is -2.27. The van der Waals surface area contributed by atoms with Crippen LogP contribution in [0.3, 0.4) is 0 Å².